The minimum Gasteiger partial charge on any atom is -0.393 e. The maximum Gasteiger partial charge on any atom is 0.321 e. The van der Waals surface area contributed by atoms with Crippen LogP contribution in [0.5, 0.6) is 0 Å². The van der Waals surface area contributed by atoms with E-state index < -0.39 is 0 Å². The lowest BCUT2D eigenvalue weighted by molar-refractivity contribution is 0.130. The second-order valence-electron chi connectivity index (χ2n) is 5.13. The number of hydrogen-bond donors (Lipinski definition) is 2. The van der Waals surface area contributed by atoms with Gasteiger partial charge in [-0.2, -0.15) is 0 Å². The highest BCUT2D eigenvalue weighted by atomic mass is 32.2. The van der Waals surface area contributed by atoms with Gasteiger partial charge in [-0.1, -0.05) is 13.0 Å². The molecule has 1 aliphatic heterocycles. The van der Waals surface area contributed by atoms with Gasteiger partial charge in [0.05, 0.1) is 6.10 Å². The molecule has 0 bridgehead atoms. The zero-order chi connectivity index (χ0) is 14.5. The topological polar surface area (TPSA) is 52.6 Å². The minimum absolute atomic E-state index is 0.0770. The van der Waals surface area contributed by atoms with Gasteiger partial charge in [0.1, 0.15) is 0 Å². The molecular weight excluding hydrogens is 272 g/mol. The first-order valence-corrected chi connectivity index (χ1v) is 8.05. The molecule has 1 heterocycles. The van der Waals surface area contributed by atoms with Crippen LogP contribution in [0.3, 0.4) is 0 Å². The second kappa shape index (κ2) is 6.99. The van der Waals surface area contributed by atoms with Crippen molar-refractivity contribution >= 4 is 23.5 Å². The zero-order valence-corrected chi connectivity index (χ0v) is 12.8. The third kappa shape index (κ3) is 3.90. The number of thioether (sulfide) groups is 1. The number of amides is 2. The molecule has 2 N–H and O–H groups in total. The van der Waals surface area contributed by atoms with E-state index >= 15 is 0 Å². The van der Waals surface area contributed by atoms with Crippen molar-refractivity contribution in [3.63, 3.8) is 0 Å². The zero-order valence-electron chi connectivity index (χ0n) is 12.0. The lowest BCUT2D eigenvalue weighted by Gasteiger charge is -2.18. The molecule has 110 valence electrons. The Bertz CT molecular complexity index is 465. The van der Waals surface area contributed by atoms with Crippen molar-refractivity contribution in [1.29, 1.82) is 0 Å². The van der Waals surface area contributed by atoms with E-state index in [-0.39, 0.29) is 18.1 Å². The lowest BCUT2D eigenvalue weighted by Crippen LogP contribution is -2.34. The number of nitrogens with zero attached hydrogens (tertiary/aromatic N) is 1. The molecule has 2 rings (SSSR count). The summed E-state index contributed by atoms with van der Waals surface area (Å²) in [6.45, 7) is 5.24. The molecular formula is C15H22N2O2S. The molecule has 1 fully saturated rings. The number of aliphatic hydroxyl groups excluding tert-OH is 1. The van der Waals surface area contributed by atoms with E-state index in [2.05, 4.69) is 12.2 Å². The smallest absolute Gasteiger partial charge is 0.321 e. The highest BCUT2D eigenvalue weighted by Crippen LogP contribution is 2.23. The third-order valence-corrected chi connectivity index (χ3v) is 4.47. The summed E-state index contributed by atoms with van der Waals surface area (Å²) in [5, 5.41) is 12.5. The monoisotopic (exact) mass is 294 g/mol. The number of likely N-dealkylation sites (tertiary alicyclic amines) is 1. The molecule has 1 aromatic carbocycles. The molecule has 0 aromatic heterocycles. The molecule has 0 radical (unpaired) electrons. The summed E-state index contributed by atoms with van der Waals surface area (Å²) < 4.78 is 0. The van der Waals surface area contributed by atoms with Crippen LogP contribution in [-0.2, 0) is 0 Å². The number of aliphatic hydroxyl groups is 1. The Morgan fingerprint density at radius 2 is 2.40 bits per heavy atom. The summed E-state index contributed by atoms with van der Waals surface area (Å²) in [5.41, 5.74) is 0.828. The summed E-state index contributed by atoms with van der Waals surface area (Å²) in [4.78, 5) is 15.1. The van der Waals surface area contributed by atoms with Crippen LogP contribution in [0, 0.1) is 5.92 Å². The van der Waals surface area contributed by atoms with Crippen molar-refractivity contribution in [2.75, 3.05) is 24.2 Å². The number of carbonyl (C=O) groups excluding carboxylic acids is 1. The van der Waals surface area contributed by atoms with Gasteiger partial charge in [0.25, 0.3) is 0 Å². The van der Waals surface area contributed by atoms with E-state index in [9.17, 15) is 9.90 Å². The Labute approximate surface area is 124 Å². The highest BCUT2D eigenvalue weighted by Gasteiger charge is 2.28. The fraction of sp³-hybridized carbons (Fsp3) is 0.533. The average Bonchev–Trinajstić information content (AvgIpc) is 2.89. The molecule has 1 aliphatic rings. The molecule has 0 aliphatic carbocycles. The van der Waals surface area contributed by atoms with E-state index in [1.165, 1.54) is 0 Å². The van der Waals surface area contributed by atoms with Crippen LogP contribution in [0.15, 0.2) is 29.2 Å². The van der Waals surface area contributed by atoms with Crippen molar-refractivity contribution < 1.29 is 9.90 Å². The van der Waals surface area contributed by atoms with Gasteiger partial charge >= 0.3 is 6.03 Å². The summed E-state index contributed by atoms with van der Waals surface area (Å²) >= 11 is 1.76. The standard InChI is InChI=1S/C15H22N2O2S/c1-3-20-14-6-4-5-13(9-14)16-15(19)17-8-7-12(10-17)11(2)18/h4-6,9,11-12,18H,3,7-8,10H2,1-2H3,(H,16,19)/t11-,12+/m1/s1. The molecule has 4 nitrogen and oxygen atoms in total. The lowest BCUT2D eigenvalue weighted by atomic mass is 10.0. The number of nitrogens with one attached hydrogen (secondary N) is 1. The van der Waals surface area contributed by atoms with Gasteiger partial charge < -0.3 is 15.3 Å². The van der Waals surface area contributed by atoms with Gasteiger partial charge in [-0.15, -0.1) is 11.8 Å². The predicted octanol–water partition coefficient (Wildman–Crippen LogP) is 3.03. The van der Waals surface area contributed by atoms with Gasteiger partial charge in [0.15, 0.2) is 0 Å². The molecule has 5 heteroatoms. The van der Waals surface area contributed by atoms with Crippen molar-refractivity contribution in [3.8, 4) is 0 Å². The molecule has 1 saturated heterocycles. The molecule has 0 saturated carbocycles. The number of carbonyl (C=O) groups is 1. The fourth-order valence-corrected chi connectivity index (χ4v) is 3.12. The maximum atomic E-state index is 12.2. The van der Waals surface area contributed by atoms with Crippen molar-refractivity contribution in [1.82, 2.24) is 4.90 Å². The Morgan fingerprint density at radius 1 is 1.60 bits per heavy atom. The first-order valence-electron chi connectivity index (χ1n) is 7.07. The highest BCUT2D eigenvalue weighted by molar-refractivity contribution is 7.99. The van der Waals surface area contributed by atoms with Gasteiger partial charge in [0, 0.05) is 29.6 Å². The van der Waals surface area contributed by atoms with Crippen LogP contribution in [0.1, 0.15) is 20.3 Å². The largest absolute Gasteiger partial charge is 0.393 e. The average molecular weight is 294 g/mol. The molecule has 0 spiro atoms. The van der Waals surface area contributed by atoms with Crippen LogP contribution < -0.4 is 5.32 Å². The first kappa shape index (κ1) is 15.2. The second-order valence-corrected chi connectivity index (χ2v) is 6.46. The molecule has 0 unspecified atom stereocenters. The summed E-state index contributed by atoms with van der Waals surface area (Å²) in [7, 11) is 0. The normalized spacial score (nSPS) is 19.9. The first-order chi connectivity index (χ1) is 9.60. The van der Waals surface area contributed by atoms with E-state index in [4.69, 9.17) is 0 Å². The summed E-state index contributed by atoms with van der Waals surface area (Å²) in [6, 6.07) is 7.82. The van der Waals surface area contributed by atoms with E-state index in [1.54, 1.807) is 23.6 Å². The van der Waals surface area contributed by atoms with Crippen molar-refractivity contribution in [2.24, 2.45) is 5.92 Å². The van der Waals surface area contributed by atoms with E-state index in [1.807, 2.05) is 24.3 Å². The van der Waals surface area contributed by atoms with Crippen LogP contribution in [0.2, 0.25) is 0 Å². The Kier molecular flexibility index (Phi) is 5.31. The van der Waals surface area contributed by atoms with Crippen molar-refractivity contribution in [3.05, 3.63) is 24.3 Å². The maximum absolute atomic E-state index is 12.2. The van der Waals surface area contributed by atoms with Crippen molar-refractivity contribution in [2.45, 2.75) is 31.3 Å². The Hall–Kier alpha value is -1.20. The molecule has 1 aromatic rings. The van der Waals surface area contributed by atoms with Crippen LogP contribution in [0.25, 0.3) is 0 Å². The van der Waals surface area contributed by atoms with Gasteiger partial charge in [-0.05, 0) is 37.3 Å². The van der Waals surface area contributed by atoms with E-state index in [0.29, 0.717) is 13.1 Å². The van der Waals surface area contributed by atoms with Crippen LogP contribution in [0.4, 0.5) is 10.5 Å². The number of benzene rings is 1. The number of urea groups is 1. The fourth-order valence-electron chi connectivity index (χ4n) is 2.40. The number of anilines is 1. The summed E-state index contributed by atoms with van der Waals surface area (Å²) in [6.07, 6.45) is 0.522. The number of hydrogen-bond acceptors (Lipinski definition) is 3. The van der Waals surface area contributed by atoms with E-state index in [0.717, 1.165) is 22.8 Å². The molecule has 2 amide bonds. The molecule has 20 heavy (non-hydrogen) atoms. The SMILES string of the molecule is CCSc1cccc(NC(=O)N2CC[C@H]([C@@H](C)O)C2)c1. The third-order valence-electron chi connectivity index (χ3n) is 3.59. The quantitative estimate of drug-likeness (QED) is 0.839. The van der Waals surface area contributed by atoms with Crippen LogP contribution in [-0.4, -0.2) is 41.0 Å². The van der Waals surface area contributed by atoms with Crippen LogP contribution >= 0.6 is 11.8 Å². The Balaban J connectivity index is 1.93. The van der Waals surface area contributed by atoms with Gasteiger partial charge in [-0.25, -0.2) is 4.79 Å². The summed E-state index contributed by atoms with van der Waals surface area (Å²) in [5.74, 6) is 1.21. The number of rotatable bonds is 4. The van der Waals surface area contributed by atoms with Gasteiger partial charge in [0.2, 0.25) is 0 Å². The van der Waals surface area contributed by atoms with Gasteiger partial charge in [-0.3, -0.25) is 0 Å². The molecule has 2 atom stereocenters. The predicted molar refractivity (Wildman–Crippen MR) is 83.2 cm³/mol. The minimum atomic E-state index is -0.350. The Morgan fingerprint density at radius 3 is 3.05 bits per heavy atom.